The number of aromatic nitrogens is 2. The molecule has 27 heavy (non-hydrogen) atoms. The molecule has 0 N–H and O–H groups in total. The number of sulfonamides is 1. The Morgan fingerprint density at radius 1 is 1.04 bits per heavy atom. The van der Waals surface area contributed by atoms with Crippen molar-refractivity contribution in [1.82, 2.24) is 14.3 Å². The summed E-state index contributed by atoms with van der Waals surface area (Å²) >= 11 is 0. The topological polar surface area (TPSA) is 72.4 Å². The standard InChI is InChI=1S/C20H21N3O3S/c1-15-21-12-9-20(22-15)26-17-10-13-23(14-11-17)27(24,25)19-8-4-6-16-5-2-3-7-18(16)19/h2-9,12,17H,10-11,13-14H2,1H3. The van der Waals surface area contributed by atoms with E-state index < -0.39 is 10.0 Å². The van der Waals surface area contributed by atoms with Gasteiger partial charge in [-0.25, -0.2) is 13.4 Å². The van der Waals surface area contributed by atoms with E-state index in [1.807, 2.05) is 37.3 Å². The predicted molar refractivity (Wildman–Crippen MR) is 103 cm³/mol. The van der Waals surface area contributed by atoms with Crippen LogP contribution in [0.3, 0.4) is 0 Å². The number of hydrogen-bond acceptors (Lipinski definition) is 5. The van der Waals surface area contributed by atoms with E-state index in [0.717, 1.165) is 10.8 Å². The molecule has 1 aliphatic heterocycles. The van der Waals surface area contributed by atoms with Crippen LogP contribution in [0.1, 0.15) is 18.7 Å². The quantitative estimate of drug-likeness (QED) is 0.692. The first-order valence-corrected chi connectivity index (χ1v) is 10.4. The van der Waals surface area contributed by atoms with Gasteiger partial charge in [-0.15, -0.1) is 0 Å². The van der Waals surface area contributed by atoms with Crippen molar-refractivity contribution in [3.63, 3.8) is 0 Å². The van der Waals surface area contributed by atoms with Crippen LogP contribution < -0.4 is 4.74 Å². The van der Waals surface area contributed by atoms with Crippen LogP contribution in [0, 0.1) is 6.92 Å². The summed E-state index contributed by atoms with van der Waals surface area (Å²) in [6.45, 7) is 2.67. The minimum absolute atomic E-state index is 0.0433. The molecule has 0 spiro atoms. The zero-order valence-electron chi connectivity index (χ0n) is 15.1. The second kappa shape index (κ2) is 7.25. The van der Waals surface area contributed by atoms with Gasteiger partial charge in [0.2, 0.25) is 15.9 Å². The molecule has 0 amide bonds. The number of ether oxygens (including phenoxy) is 1. The second-order valence-corrected chi connectivity index (χ2v) is 8.55. The third kappa shape index (κ3) is 3.65. The van der Waals surface area contributed by atoms with Crippen molar-refractivity contribution in [2.75, 3.05) is 13.1 Å². The summed E-state index contributed by atoms with van der Waals surface area (Å²) in [6.07, 6.45) is 2.89. The number of aryl methyl sites for hydroxylation is 1. The van der Waals surface area contributed by atoms with Crippen LogP contribution in [0.25, 0.3) is 10.8 Å². The molecular weight excluding hydrogens is 362 g/mol. The van der Waals surface area contributed by atoms with Gasteiger partial charge in [-0.3, -0.25) is 0 Å². The lowest BCUT2D eigenvalue weighted by atomic mass is 10.1. The van der Waals surface area contributed by atoms with Gasteiger partial charge in [0.05, 0.1) is 4.90 Å². The maximum absolute atomic E-state index is 13.2. The highest BCUT2D eigenvalue weighted by Gasteiger charge is 2.31. The van der Waals surface area contributed by atoms with E-state index in [-0.39, 0.29) is 6.10 Å². The van der Waals surface area contributed by atoms with Crippen LogP contribution in [0.4, 0.5) is 0 Å². The molecule has 0 bridgehead atoms. The van der Waals surface area contributed by atoms with Gasteiger partial charge >= 0.3 is 0 Å². The Morgan fingerprint density at radius 3 is 2.56 bits per heavy atom. The molecule has 2 heterocycles. The summed E-state index contributed by atoms with van der Waals surface area (Å²) in [5.74, 6) is 1.20. The van der Waals surface area contributed by atoms with Crippen molar-refractivity contribution in [3.8, 4) is 5.88 Å². The predicted octanol–water partition coefficient (Wildman–Crippen LogP) is 3.17. The zero-order valence-corrected chi connectivity index (χ0v) is 15.9. The van der Waals surface area contributed by atoms with Crippen LogP contribution in [0.15, 0.2) is 59.6 Å². The zero-order chi connectivity index (χ0) is 18.9. The van der Waals surface area contributed by atoms with Crippen molar-refractivity contribution in [1.29, 1.82) is 0 Å². The molecule has 0 unspecified atom stereocenters. The molecule has 6 nitrogen and oxygen atoms in total. The highest BCUT2D eigenvalue weighted by atomic mass is 32.2. The maximum atomic E-state index is 13.2. The Morgan fingerprint density at radius 2 is 1.78 bits per heavy atom. The van der Waals surface area contributed by atoms with E-state index >= 15 is 0 Å². The summed E-state index contributed by atoms with van der Waals surface area (Å²) in [5.41, 5.74) is 0. The highest BCUT2D eigenvalue weighted by Crippen LogP contribution is 2.28. The normalized spacial score (nSPS) is 16.5. The number of rotatable bonds is 4. The van der Waals surface area contributed by atoms with Gasteiger partial charge in [-0.05, 0) is 31.2 Å². The Balaban J connectivity index is 1.50. The number of piperidine rings is 1. The fraction of sp³-hybridized carbons (Fsp3) is 0.300. The van der Waals surface area contributed by atoms with Crippen LogP contribution >= 0.6 is 0 Å². The summed E-state index contributed by atoms with van der Waals surface area (Å²) in [7, 11) is -3.54. The third-order valence-electron chi connectivity index (χ3n) is 4.81. The van der Waals surface area contributed by atoms with E-state index in [0.29, 0.717) is 42.5 Å². The van der Waals surface area contributed by atoms with Gasteiger partial charge in [0.25, 0.3) is 0 Å². The third-order valence-corrected chi connectivity index (χ3v) is 6.76. The first-order valence-electron chi connectivity index (χ1n) is 8.98. The molecule has 1 fully saturated rings. The van der Waals surface area contributed by atoms with E-state index in [1.165, 1.54) is 0 Å². The summed E-state index contributed by atoms with van der Waals surface area (Å²) < 4.78 is 33.8. The molecule has 0 radical (unpaired) electrons. The fourth-order valence-electron chi connectivity index (χ4n) is 3.42. The van der Waals surface area contributed by atoms with Crippen molar-refractivity contribution in [2.24, 2.45) is 0 Å². The van der Waals surface area contributed by atoms with Gasteiger partial charge in [0, 0.05) is 30.7 Å². The van der Waals surface area contributed by atoms with E-state index in [2.05, 4.69) is 9.97 Å². The van der Waals surface area contributed by atoms with Crippen LogP contribution in [-0.4, -0.2) is 41.9 Å². The molecule has 4 rings (SSSR count). The summed E-state index contributed by atoms with van der Waals surface area (Å²) in [6, 6.07) is 14.7. The van der Waals surface area contributed by atoms with Gasteiger partial charge in [0.1, 0.15) is 11.9 Å². The summed E-state index contributed by atoms with van der Waals surface area (Å²) in [5, 5.41) is 1.69. The molecule has 0 atom stereocenters. The molecule has 1 aliphatic rings. The number of fused-ring (bicyclic) bond motifs is 1. The van der Waals surface area contributed by atoms with E-state index in [4.69, 9.17) is 4.74 Å². The van der Waals surface area contributed by atoms with Crippen molar-refractivity contribution in [3.05, 3.63) is 60.6 Å². The molecule has 3 aromatic rings. The van der Waals surface area contributed by atoms with E-state index in [9.17, 15) is 8.42 Å². The first kappa shape index (κ1) is 17.9. The Labute approximate surface area is 158 Å². The number of nitrogens with zero attached hydrogens (tertiary/aromatic N) is 3. The monoisotopic (exact) mass is 383 g/mol. The van der Waals surface area contributed by atoms with Gasteiger partial charge in [0.15, 0.2) is 0 Å². The number of hydrogen-bond donors (Lipinski definition) is 0. The van der Waals surface area contributed by atoms with Crippen molar-refractivity contribution in [2.45, 2.75) is 30.8 Å². The average Bonchev–Trinajstić information content (AvgIpc) is 2.68. The molecule has 1 saturated heterocycles. The molecule has 0 aliphatic carbocycles. The van der Waals surface area contributed by atoms with Gasteiger partial charge in [-0.1, -0.05) is 36.4 Å². The Kier molecular flexibility index (Phi) is 4.80. The van der Waals surface area contributed by atoms with Crippen LogP contribution in [0.5, 0.6) is 5.88 Å². The van der Waals surface area contributed by atoms with E-state index in [1.54, 1.807) is 28.7 Å². The lowest BCUT2D eigenvalue weighted by molar-refractivity contribution is 0.129. The smallest absolute Gasteiger partial charge is 0.243 e. The lowest BCUT2D eigenvalue weighted by Gasteiger charge is -2.31. The minimum atomic E-state index is -3.54. The maximum Gasteiger partial charge on any atom is 0.243 e. The van der Waals surface area contributed by atoms with Gasteiger partial charge in [-0.2, -0.15) is 9.29 Å². The molecule has 0 saturated carbocycles. The largest absolute Gasteiger partial charge is 0.474 e. The molecule has 140 valence electrons. The van der Waals surface area contributed by atoms with Crippen molar-refractivity contribution >= 4 is 20.8 Å². The number of benzene rings is 2. The van der Waals surface area contributed by atoms with Gasteiger partial charge < -0.3 is 4.74 Å². The molecular formula is C20H21N3O3S. The van der Waals surface area contributed by atoms with Crippen LogP contribution in [-0.2, 0) is 10.0 Å². The highest BCUT2D eigenvalue weighted by molar-refractivity contribution is 7.89. The molecule has 2 aromatic carbocycles. The minimum Gasteiger partial charge on any atom is -0.474 e. The van der Waals surface area contributed by atoms with Crippen molar-refractivity contribution < 1.29 is 13.2 Å². The van der Waals surface area contributed by atoms with Crippen LogP contribution in [0.2, 0.25) is 0 Å². The molecule has 7 heteroatoms. The lowest BCUT2D eigenvalue weighted by Crippen LogP contribution is -2.41. The Hall–Kier alpha value is -2.51. The Bertz CT molecular complexity index is 1060. The second-order valence-electron chi connectivity index (χ2n) is 6.64. The summed E-state index contributed by atoms with van der Waals surface area (Å²) in [4.78, 5) is 8.68. The SMILES string of the molecule is Cc1nccc(OC2CCN(S(=O)(=O)c3cccc4ccccc34)CC2)n1. The first-order chi connectivity index (χ1) is 13.0. The fourth-order valence-corrected chi connectivity index (χ4v) is 5.10. The average molecular weight is 383 g/mol. The molecule has 1 aromatic heterocycles.